The van der Waals surface area contributed by atoms with Crippen LogP contribution in [0.15, 0.2) is 48.0 Å². The lowest BCUT2D eigenvalue weighted by Crippen LogP contribution is -2.56. The zero-order valence-corrected chi connectivity index (χ0v) is 21.5. The van der Waals surface area contributed by atoms with Gasteiger partial charge in [0, 0.05) is 35.7 Å². The van der Waals surface area contributed by atoms with Gasteiger partial charge < -0.3 is 29.9 Å². The van der Waals surface area contributed by atoms with Crippen LogP contribution in [0.5, 0.6) is 11.5 Å². The number of amides is 2. The molecule has 1 fully saturated rings. The molecule has 1 saturated carbocycles. The lowest BCUT2D eigenvalue weighted by atomic mass is 9.77. The molecule has 4 atom stereocenters. The van der Waals surface area contributed by atoms with E-state index in [0.717, 1.165) is 12.8 Å². The molecule has 2 amide bonds. The number of hydrogen-bond acceptors (Lipinski definition) is 7. The van der Waals surface area contributed by atoms with E-state index in [1.807, 2.05) is 0 Å². The third-order valence-electron chi connectivity index (χ3n) is 7.51. The molecule has 39 heavy (non-hydrogen) atoms. The van der Waals surface area contributed by atoms with E-state index >= 15 is 0 Å². The second-order valence-corrected chi connectivity index (χ2v) is 10.1. The zero-order chi connectivity index (χ0) is 27.7. The molecule has 10 heteroatoms. The fourth-order valence-electron chi connectivity index (χ4n) is 5.47. The van der Waals surface area contributed by atoms with Crippen LogP contribution in [-0.4, -0.2) is 78.3 Å². The van der Waals surface area contributed by atoms with Crippen LogP contribution in [0.3, 0.4) is 0 Å². The van der Waals surface area contributed by atoms with E-state index in [9.17, 15) is 29.0 Å². The molecule has 3 aliphatic rings. The number of fused-ring (bicyclic) bond motifs is 3. The summed E-state index contributed by atoms with van der Waals surface area (Å²) in [6, 6.07) is 8.36. The number of nitrogens with one attached hydrogen (secondary N) is 1. The molecule has 0 aromatic heterocycles. The number of aldehydes is 1. The third-order valence-corrected chi connectivity index (χ3v) is 7.51. The van der Waals surface area contributed by atoms with Gasteiger partial charge in [0.15, 0.2) is 11.5 Å². The molecule has 0 radical (unpaired) electrons. The van der Waals surface area contributed by atoms with E-state index in [1.54, 1.807) is 29.2 Å². The Kier molecular flexibility index (Phi) is 7.67. The van der Waals surface area contributed by atoms with Crippen LogP contribution in [-0.2, 0) is 16.0 Å². The first-order valence-electron chi connectivity index (χ1n) is 13.0. The first-order valence-corrected chi connectivity index (χ1v) is 13.0. The van der Waals surface area contributed by atoms with E-state index in [0.29, 0.717) is 40.9 Å². The number of halogens is 1. The van der Waals surface area contributed by atoms with Gasteiger partial charge in [0.1, 0.15) is 24.3 Å². The monoisotopic (exact) mass is 538 g/mol. The van der Waals surface area contributed by atoms with Crippen LogP contribution in [0.1, 0.15) is 40.2 Å². The Labute approximate surface area is 225 Å². The number of methoxy groups -OCH3 is 1. The molecule has 206 valence electrons. The van der Waals surface area contributed by atoms with Crippen molar-refractivity contribution >= 4 is 18.1 Å². The summed E-state index contributed by atoms with van der Waals surface area (Å²) in [6.45, 7) is -0.0583. The molecular weight excluding hydrogens is 507 g/mol. The number of aliphatic hydroxyl groups is 2. The summed E-state index contributed by atoms with van der Waals surface area (Å²) in [4.78, 5) is 40.0. The third kappa shape index (κ3) is 5.26. The fourth-order valence-corrected chi connectivity index (χ4v) is 5.47. The van der Waals surface area contributed by atoms with Gasteiger partial charge in [0.25, 0.3) is 0 Å². The van der Waals surface area contributed by atoms with E-state index in [4.69, 9.17) is 9.47 Å². The van der Waals surface area contributed by atoms with E-state index in [1.165, 1.54) is 25.3 Å². The molecule has 1 heterocycles. The first-order chi connectivity index (χ1) is 18.9. The first kappa shape index (κ1) is 26.8. The number of ether oxygens (including phenoxy) is 2. The molecule has 4 unspecified atom stereocenters. The summed E-state index contributed by atoms with van der Waals surface area (Å²) in [5.41, 5.74) is 1.80. The van der Waals surface area contributed by atoms with Gasteiger partial charge in [-0.1, -0.05) is 12.1 Å². The van der Waals surface area contributed by atoms with Gasteiger partial charge in [-0.25, -0.2) is 4.39 Å². The van der Waals surface area contributed by atoms with E-state index in [2.05, 4.69) is 5.32 Å². The van der Waals surface area contributed by atoms with E-state index < -0.39 is 30.1 Å². The van der Waals surface area contributed by atoms with Crippen molar-refractivity contribution in [2.24, 2.45) is 5.92 Å². The molecule has 2 aliphatic carbocycles. The van der Waals surface area contributed by atoms with Crippen LogP contribution in [0, 0.1) is 11.7 Å². The van der Waals surface area contributed by atoms with Crippen LogP contribution < -0.4 is 14.8 Å². The van der Waals surface area contributed by atoms with Crippen LogP contribution in [0.2, 0.25) is 0 Å². The Morgan fingerprint density at radius 3 is 2.72 bits per heavy atom. The Morgan fingerprint density at radius 1 is 1.26 bits per heavy atom. The van der Waals surface area contributed by atoms with Gasteiger partial charge in [-0.05, 0) is 55.2 Å². The Morgan fingerprint density at radius 2 is 2.05 bits per heavy atom. The molecule has 0 bridgehead atoms. The fraction of sp³-hybridized carbons (Fsp3) is 0.414. The molecule has 3 N–H and O–H groups in total. The molecule has 5 rings (SSSR count). The van der Waals surface area contributed by atoms with Crippen molar-refractivity contribution in [1.29, 1.82) is 0 Å². The lowest BCUT2D eigenvalue weighted by molar-refractivity contribution is -0.138. The highest BCUT2D eigenvalue weighted by molar-refractivity contribution is 5.96. The molecular formula is C29H31FN2O7. The van der Waals surface area contributed by atoms with Crippen molar-refractivity contribution in [3.8, 4) is 11.5 Å². The Balaban J connectivity index is 1.55. The van der Waals surface area contributed by atoms with Crippen molar-refractivity contribution in [2.45, 2.75) is 43.4 Å². The van der Waals surface area contributed by atoms with Crippen molar-refractivity contribution in [3.63, 3.8) is 0 Å². The van der Waals surface area contributed by atoms with Gasteiger partial charge in [-0.3, -0.25) is 14.4 Å². The summed E-state index contributed by atoms with van der Waals surface area (Å²) < 4.78 is 25.4. The lowest BCUT2D eigenvalue weighted by Gasteiger charge is -2.41. The summed E-state index contributed by atoms with van der Waals surface area (Å²) in [7, 11) is 1.43. The van der Waals surface area contributed by atoms with Crippen LogP contribution >= 0.6 is 0 Å². The largest absolute Gasteiger partial charge is 0.493 e. The number of aliphatic hydroxyl groups excluding tert-OH is 2. The molecule has 1 aliphatic heterocycles. The second-order valence-electron chi connectivity index (χ2n) is 10.1. The quantitative estimate of drug-likeness (QED) is 0.394. The maximum Gasteiger partial charge on any atom is 0.247 e. The summed E-state index contributed by atoms with van der Waals surface area (Å²) in [5.74, 6) is -1.29. The van der Waals surface area contributed by atoms with Gasteiger partial charge in [0.2, 0.25) is 11.8 Å². The SMILES string of the molecule is COc1cc(C=O)cc2c1OC1C2C(C(=O)NCCO)=CC(N(CCc2cccc(F)c2)C(=O)C2CC2)C1O. The van der Waals surface area contributed by atoms with Crippen LogP contribution in [0.4, 0.5) is 4.39 Å². The van der Waals surface area contributed by atoms with Crippen molar-refractivity contribution in [1.82, 2.24) is 10.2 Å². The number of carbonyl (C=O) groups is 3. The van der Waals surface area contributed by atoms with Crippen LogP contribution in [0.25, 0.3) is 0 Å². The standard InChI is InChI=1S/C29H31FN2O7/c1-38-23-13-17(15-34)12-20-24-21(28(36)31-8-10-33)14-22(25(35)27(24)39-26(20)23)32(29(37)18-5-6-18)9-7-16-3-2-4-19(30)11-16/h2-4,11-15,18,22,24-25,27,33,35H,5-10H2,1H3,(H,31,36). The zero-order valence-electron chi connectivity index (χ0n) is 21.5. The minimum atomic E-state index is -1.21. The van der Waals surface area contributed by atoms with Crippen molar-refractivity contribution in [2.75, 3.05) is 26.8 Å². The predicted molar refractivity (Wildman–Crippen MR) is 138 cm³/mol. The van der Waals surface area contributed by atoms with Gasteiger partial charge in [-0.2, -0.15) is 0 Å². The molecule has 0 saturated heterocycles. The maximum absolute atomic E-state index is 13.8. The number of benzene rings is 2. The minimum absolute atomic E-state index is 0.0104. The van der Waals surface area contributed by atoms with Gasteiger partial charge in [-0.15, -0.1) is 0 Å². The summed E-state index contributed by atoms with van der Waals surface area (Å²) in [6.07, 6.45) is 1.93. The molecule has 9 nitrogen and oxygen atoms in total. The van der Waals surface area contributed by atoms with Crippen molar-refractivity contribution in [3.05, 3.63) is 70.6 Å². The number of nitrogens with zero attached hydrogens (tertiary/aromatic N) is 1. The van der Waals surface area contributed by atoms with Gasteiger partial charge >= 0.3 is 0 Å². The number of rotatable bonds is 10. The Hall–Kier alpha value is -3.76. The summed E-state index contributed by atoms with van der Waals surface area (Å²) in [5, 5.41) is 23.6. The normalized spacial score (nSPS) is 23.1. The topological polar surface area (TPSA) is 125 Å². The average molecular weight is 539 g/mol. The smallest absolute Gasteiger partial charge is 0.247 e. The molecule has 0 spiro atoms. The number of carbonyl (C=O) groups excluding carboxylic acids is 3. The number of hydrogen-bond donors (Lipinski definition) is 3. The van der Waals surface area contributed by atoms with E-state index in [-0.39, 0.29) is 42.9 Å². The van der Waals surface area contributed by atoms with Gasteiger partial charge in [0.05, 0.1) is 25.7 Å². The average Bonchev–Trinajstić information content (AvgIpc) is 3.72. The minimum Gasteiger partial charge on any atom is -0.493 e. The maximum atomic E-state index is 13.8. The highest BCUT2D eigenvalue weighted by Crippen LogP contribution is 2.51. The predicted octanol–water partition coefficient (Wildman–Crippen LogP) is 1.75. The van der Waals surface area contributed by atoms with Crippen molar-refractivity contribution < 1.29 is 38.5 Å². The summed E-state index contributed by atoms with van der Waals surface area (Å²) >= 11 is 0. The second kappa shape index (κ2) is 11.2. The highest BCUT2D eigenvalue weighted by atomic mass is 19.1. The molecule has 2 aromatic carbocycles. The Bertz CT molecular complexity index is 1310. The molecule has 2 aromatic rings. The highest BCUT2D eigenvalue weighted by Gasteiger charge is 2.52.